The topological polar surface area (TPSA) is 71.1 Å². The molecule has 6 heteroatoms. The summed E-state index contributed by atoms with van der Waals surface area (Å²) in [6.45, 7) is 0. The second-order valence-electron chi connectivity index (χ2n) is 5.47. The number of anilines is 2. The first-order chi connectivity index (χ1) is 11.2. The standard InChI is InChI=1S/C17H13N3O2S/c21-16(18-11-5-6-14-10(7-11)9-23-20-14)8-13-12-3-1-2-4-15(12)19-17(13)22/h1-7,9,13H,8H2,(H,18,21)(H,19,22). The molecule has 0 radical (unpaired) electrons. The molecular weight excluding hydrogens is 310 g/mol. The van der Waals surface area contributed by atoms with Crippen molar-refractivity contribution in [2.75, 3.05) is 10.6 Å². The molecule has 0 saturated carbocycles. The van der Waals surface area contributed by atoms with Crippen LogP contribution in [0, 0.1) is 0 Å². The average Bonchev–Trinajstić information content (AvgIpc) is 3.12. The van der Waals surface area contributed by atoms with Crippen molar-refractivity contribution in [1.82, 2.24) is 4.37 Å². The van der Waals surface area contributed by atoms with Crippen molar-refractivity contribution in [2.45, 2.75) is 12.3 Å². The molecule has 0 aliphatic carbocycles. The number of nitrogens with one attached hydrogen (secondary N) is 2. The van der Waals surface area contributed by atoms with Gasteiger partial charge in [-0.15, -0.1) is 0 Å². The maximum Gasteiger partial charge on any atom is 0.232 e. The van der Waals surface area contributed by atoms with Gasteiger partial charge in [-0.3, -0.25) is 9.59 Å². The third-order valence-electron chi connectivity index (χ3n) is 3.94. The summed E-state index contributed by atoms with van der Waals surface area (Å²) in [6.07, 6.45) is 0.128. The maximum atomic E-state index is 12.3. The predicted octanol–water partition coefficient (Wildman–Crippen LogP) is 3.36. The Kier molecular flexibility index (Phi) is 3.31. The number of hydrogen-bond acceptors (Lipinski definition) is 4. The van der Waals surface area contributed by atoms with Crippen LogP contribution in [-0.2, 0) is 9.59 Å². The second-order valence-corrected chi connectivity index (χ2v) is 6.10. The molecule has 0 spiro atoms. The molecule has 5 nitrogen and oxygen atoms in total. The minimum atomic E-state index is -0.433. The smallest absolute Gasteiger partial charge is 0.232 e. The third-order valence-corrected chi connectivity index (χ3v) is 4.60. The van der Waals surface area contributed by atoms with E-state index in [1.165, 1.54) is 11.5 Å². The van der Waals surface area contributed by atoms with Crippen LogP contribution in [0.4, 0.5) is 11.4 Å². The molecule has 1 unspecified atom stereocenters. The van der Waals surface area contributed by atoms with Crippen molar-refractivity contribution >= 4 is 45.6 Å². The lowest BCUT2D eigenvalue weighted by molar-refractivity contribution is -0.122. The Morgan fingerprint density at radius 1 is 1.26 bits per heavy atom. The van der Waals surface area contributed by atoms with Gasteiger partial charge in [0.05, 0.1) is 11.4 Å². The summed E-state index contributed by atoms with van der Waals surface area (Å²) in [6, 6.07) is 13.1. The number of carbonyl (C=O) groups excluding carboxylic acids is 2. The van der Waals surface area contributed by atoms with Gasteiger partial charge in [0.25, 0.3) is 0 Å². The molecule has 3 aromatic rings. The zero-order valence-electron chi connectivity index (χ0n) is 12.1. The van der Waals surface area contributed by atoms with E-state index in [0.29, 0.717) is 0 Å². The van der Waals surface area contributed by atoms with Gasteiger partial charge in [-0.25, -0.2) is 0 Å². The molecule has 2 heterocycles. The van der Waals surface area contributed by atoms with Crippen molar-refractivity contribution in [3.63, 3.8) is 0 Å². The van der Waals surface area contributed by atoms with Gasteiger partial charge < -0.3 is 10.6 Å². The van der Waals surface area contributed by atoms with Crippen LogP contribution in [-0.4, -0.2) is 16.2 Å². The van der Waals surface area contributed by atoms with Crippen LogP contribution in [0.5, 0.6) is 0 Å². The number of benzene rings is 2. The molecule has 1 aliphatic rings. The number of carbonyl (C=O) groups is 2. The number of rotatable bonds is 3. The molecule has 1 atom stereocenters. The van der Waals surface area contributed by atoms with Gasteiger partial charge in [0, 0.05) is 28.6 Å². The lowest BCUT2D eigenvalue weighted by Crippen LogP contribution is -2.20. The molecule has 23 heavy (non-hydrogen) atoms. The Bertz CT molecular complexity index is 919. The van der Waals surface area contributed by atoms with E-state index in [0.717, 1.165) is 27.8 Å². The Balaban J connectivity index is 1.50. The van der Waals surface area contributed by atoms with Crippen LogP contribution in [0.3, 0.4) is 0 Å². The first-order valence-corrected chi connectivity index (χ1v) is 8.08. The molecule has 4 rings (SSSR count). The number of fused-ring (bicyclic) bond motifs is 2. The quantitative estimate of drug-likeness (QED) is 0.776. The van der Waals surface area contributed by atoms with E-state index in [4.69, 9.17) is 0 Å². The number of hydrogen-bond donors (Lipinski definition) is 2. The Morgan fingerprint density at radius 3 is 3.04 bits per heavy atom. The Hall–Kier alpha value is -2.73. The van der Waals surface area contributed by atoms with Gasteiger partial charge in [-0.2, -0.15) is 4.37 Å². The second kappa shape index (κ2) is 5.48. The number of aromatic nitrogens is 1. The van der Waals surface area contributed by atoms with Crippen molar-refractivity contribution in [1.29, 1.82) is 0 Å². The summed E-state index contributed by atoms with van der Waals surface area (Å²) in [5, 5.41) is 8.60. The van der Waals surface area contributed by atoms with Crippen molar-refractivity contribution in [2.24, 2.45) is 0 Å². The number of nitrogens with zero attached hydrogens (tertiary/aromatic N) is 1. The van der Waals surface area contributed by atoms with Gasteiger partial charge in [-0.05, 0) is 41.4 Å². The van der Waals surface area contributed by atoms with Gasteiger partial charge in [0.1, 0.15) is 0 Å². The summed E-state index contributed by atoms with van der Waals surface area (Å²) in [5.74, 6) is -0.735. The fraction of sp³-hybridized carbons (Fsp3) is 0.118. The highest BCUT2D eigenvalue weighted by Gasteiger charge is 2.31. The monoisotopic (exact) mass is 323 g/mol. The molecule has 0 bridgehead atoms. The first-order valence-electron chi connectivity index (χ1n) is 7.24. The summed E-state index contributed by atoms with van der Waals surface area (Å²) in [4.78, 5) is 24.4. The minimum absolute atomic E-state index is 0.126. The Morgan fingerprint density at radius 2 is 2.13 bits per heavy atom. The fourth-order valence-corrected chi connectivity index (χ4v) is 3.46. The fourth-order valence-electron chi connectivity index (χ4n) is 2.83. The molecule has 0 fully saturated rings. The SMILES string of the molecule is O=C(CC1C(=O)Nc2ccccc21)Nc1ccc2nscc2c1. The van der Waals surface area contributed by atoms with E-state index in [1.807, 2.05) is 47.8 Å². The zero-order valence-corrected chi connectivity index (χ0v) is 12.9. The third kappa shape index (κ3) is 2.57. The molecule has 114 valence electrons. The van der Waals surface area contributed by atoms with Gasteiger partial charge in [0.2, 0.25) is 11.8 Å². The lowest BCUT2D eigenvalue weighted by atomic mass is 9.97. The molecule has 2 aromatic carbocycles. The summed E-state index contributed by atoms with van der Waals surface area (Å²) in [5.41, 5.74) is 3.30. The van der Waals surface area contributed by atoms with E-state index in [-0.39, 0.29) is 18.2 Å². The van der Waals surface area contributed by atoms with Crippen LogP contribution >= 0.6 is 11.5 Å². The Labute approximate surface area is 136 Å². The molecule has 0 saturated heterocycles. The molecule has 2 amide bonds. The van der Waals surface area contributed by atoms with E-state index in [1.54, 1.807) is 0 Å². The first kappa shape index (κ1) is 13.9. The van der Waals surface area contributed by atoms with E-state index in [9.17, 15) is 9.59 Å². The van der Waals surface area contributed by atoms with Crippen molar-refractivity contribution in [3.8, 4) is 0 Å². The summed E-state index contributed by atoms with van der Waals surface area (Å²) in [7, 11) is 0. The largest absolute Gasteiger partial charge is 0.326 e. The van der Waals surface area contributed by atoms with Crippen molar-refractivity contribution < 1.29 is 9.59 Å². The normalized spacial score (nSPS) is 16.2. The van der Waals surface area contributed by atoms with Crippen LogP contribution in [0.2, 0.25) is 0 Å². The molecule has 2 N–H and O–H groups in total. The zero-order chi connectivity index (χ0) is 15.8. The summed E-state index contributed by atoms with van der Waals surface area (Å²) >= 11 is 1.38. The highest BCUT2D eigenvalue weighted by atomic mass is 32.1. The highest BCUT2D eigenvalue weighted by molar-refractivity contribution is 7.04. The van der Waals surface area contributed by atoms with Crippen LogP contribution < -0.4 is 10.6 Å². The predicted molar refractivity (Wildman–Crippen MR) is 90.7 cm³/mol. The molecule has 1 aliphatic heterocycles. The maximum absolute atomic E-state index is 12.3. The van der Waals surface area contributed by atoms with Gasteiger partial charge >= 0.3 is 0 Å². The summed E-state index contributed by atoms with van der Waals surface area (Å²) < 4.78 is 4.23. The van der Waals surface area contributed by atoms with Crippen LogP contribution in [0.15, 0.2) is 47.8 Å². The van der Waals surface area contributed by atoms with Crippen molar-refractivity contribution in [3.05, 3.63) is 53.4 Å². The van der Waals surface area contributed by atoms with E-state index in [2.05, 4.69) is 15.0 Å². The minimum Gasteiger partial charge on any atom is -0.326 e. The molecular formula is C17H13N3O2S. The average molecular weight is 323 g/mol. The number of amides is 2. The van der Waals surface area contributed by atoms with Gasteiger partial charge in [-0.1, -0.05) is 18.2 Å². The van der Waals surface area contributed by atoms with Gasteiger partial charge in [0.15, 0.2) is 0 Å². The highest BCUT2D eigenvalue weighted by Crippen LogP contribution is 2.34. The van der Waals surface area contributed by atoms with Crippen LogP contribution in [0.1, 0.15) is 17.9 Å². The number of para-hydroxylation sites is 1. The van der Waals surface area contributed by atoms with Crippen LogP contribution in [0.25, 0.3) is 10.9 Å². The van der Waals surface area contributed by atoms with E-state index >= 15 is 0 Å². The molecule has 1 aromatic heterocycles. The van der Waals surface area contributed by atoms with E-state index < -0.39 is 5.92 Å². The lowest BCUT2D eigenvalue weighted by Gasteiger charge is -2.09.